The van der Waals surface area contributed by atoms with E-state index in [1.165, 1.54) is 0 Å². The normalized spacial score (nSPS) is 16.1. The lowest BCUT2D eigenvalue weighted by atomic mass is 10.00. The van der Waals surface area contributed by atoms with E-state index in [9.17, 15) is 4.79 Å². The highest BCUT2D eigenvalue weighted by molar-refractivity contribution is 5.91. The highest BCUT2D eigenvalue weighted by Crippen LogP contribution is 2.48. The molecule has 1 aliphatic rings. The molecule has 1 N–H and O–H groups in total. The number of benzene rings is 1. The maximum absolute atomic E-state index is 12.3. The van der Waals surface area contributed by atoms with Crippen LogP contribution in [0.4, 0.5) is 0 Å². The van der Waals surface area contributed by atoms with E-state index in [-0.39, 0.29) is 11.9 Å². The molecule has 4 heteroatoms. The van der Waals surface area contributed by atoms with Gasteiger partial charge in [-0.3, -0.25) is 4.79 Å². The van der Waals surface area contributed by atoms with Crippen molar-refractivity contribution < 1.29 is 9.32 Å². The Hall–Kier alpha value is -2.10. The Morgan fingerprint density at radius 1 is 1.30 bits per heavy atom. The fraction of sp³-hybridized carbons (Fsp3) is 0.375. The lowest BCUT2D eigenvalue weighted by molar-refractivity contribution is -0.124. The Labute approximate surface area is 118 Å². The number of hydrogen-bond acceptors (Lipinski definition) is 3. The number of carbonyl (C=O) groups is 1. The van der Waals surface area contributed by atoms with Gasteiger partial charge in [-0.1, -0.05) is 35.5 Å². The van der Waals surface area contributed by atoms with Crippen molar-refractivity contribution in [3.63, 3.8) is 0 Å². The van der Waals surface area contributed by atoms with Gasteiger partial charge in [0.25, 0.3) is 0 Å². The third kappa shape index (κ3) is 2.22. The number of amides is 1. The fourth-order valence-corrected chi connectivity index (χ4v) is 2.36. The third-order valence-electron chi connectivity index (χ3n) is 3.66. The second-order valence-corrected chi connectivity index (χ2v) is 5.65. The molecule has 0 radical (unpaired) electrons. The van der Waals surface area contributed by atoms with Gasteiger partial charge in [-0.05, 0) is 26.7 Å². The van der Waals surface area contributed by atoms with Crippen molar-refractivity contribution in [3.8, 4) is 11.3 Å². The quantitative estimate of drug-likeness (QED) is 0.929. The summed E-state index contributed by atoms with van der Waals surface area (Å²) in [5.74, 6) is 0.768. The van der Waals surface area contributed by atoms with Gasteiger partial charge in [-0.25, -0.2) is 0 Å². The van der Waals surface area contributed by atoms with Crippen molar-refractivity contribution >= 4 is 5.91 Å². The van der Waals surface area contributed by atoms with Gasteiger partial charge in [0.05, 0.1) is 11.1 Å². The maximum Gasteiger partial charge on any atom is 0.232 e. The van der Waals surface area contributed by atoms with Crippen LogP contribution in [-0.4, -0.2) is 17.1 Å². The van der Waals surface area contributed by atoms with Gasteiger partial charge < -0.3 is 9.84 Å². The first-order valence-corrected chi connectivity index (χ1v) is 6.95. The summed E-state index contributed by atoms with van der Waals surface area (Å²) in [4.78, 5) is 12.3. The number of rotatable bonds is 4. The van der Waals surface area contributed by atoms with Gasteiger partial charge in [0.1, 0.15) is 0 Å². The Morgan fingerprint density at radius 2 is 2.00 bits per heavy atom. The lowest BCUT2D eigenvalue weighted by Crippen LogP contribution is -2.39. The summed E-state index contributed by atoms with van der Waals surface area (Å²) < 4.78 is 5.40. The molecule has 20 heavy (non-hydrogen) atoms. The summed E-state index contributed by atoms with van der Waals surface area (Å²) in [6.07, 6.45) is 1.68. The minimum Gasteiger partial charge on any atom is -0.356 e. The molecule has 1 fully saturated rings. The Kier molecular flexibility index (Phi) is 3.08. The summed E-state index contributed by atoms with van der Waals surface area (Å²) in [7, 11) is 0. The lowest BCUT2D eigenvalue weighted by Gasteiger charge is -2.14. The predicted molar refractivity (Wildman–Crippen MR) is 76.1 cm³/mol. The third-order valence-corrected chi connectivity index (χ3v) is 3.66. The first-order valence-electron chi connectivity index (χ1n) is 6.95. The molecule has 0 aliphatic heterocycles. The summed E-state index contributed by atoms with van der Waals surface area (Å²) >= 11 is 0. The zero-order valence-electron chi connectivity index (χ0n) is 11.7. The highest BCUT2D eigenvalue weighted by Gasteiger charge is 2.53. The molecule has 4 nitrogen and oxygen atoms in total. The molecule has 1 aromatic heterocycles. The van der Waals surface area contributed by atoms with Crippen LogP contribution in [0.1, 0.15) is 32.4 Å². The van der Waals surface area contributed by atoms with E-state index < -0.39 is 5.41 Å². The van der Waals surface area contributed by atoms with Crippen LogP contribution < -0.4 is 5.32 Å². The molecule has 1 heterocycles. The Bertz CT molecular complexity index is 612. The maximum atomic E-state index is 12.3. The molecule has 1 amide bonds. The SMILES string of the molecule is CC(C)NC(=O)C1(c2cc(-c3ccccc3)on2)CC1. The topological polar surface area (TPSA) is 55.1 Å². The smallest absolute Gasteiger partial charge is 0.232 e. The van der Waals surface area contributed by atoms with Crippen LogP contribution >= 0.6 is 0 Å². The van der Waals surface area contributed by atoms with E-state index in [0.717, 1.165) is 24.1 Å². The van der Waals surface area contributed by atoms with Crippen LogP contribution in [0.5, 0.6) is 0 Å². The molecule has 0 bridgehead atoms. The highest BCUT2D eigenvalue weighted by atomic mass is 16.5. The number of hydrogen-bond donors (Lipinski definition) is 1. The molecule has 1 aromatic carbocycles. The largest absolute Gasteiger partial charge is 0.356 e. The molecule has 0 unspecified atom stereocenters. The number of nitrogens with zero attached hydrogens (tertiary/aromatic N) is 1. The van der Waals surface area contributed by atoms with Crippen LogP contribution in [0.15, 0.2) is 40.9 Å². The van der Waals surface area contributed by atoms with Gasteiger partial charge >= 0.3 is 0 Å². The number of nitrogens with one attached hydrogen (secondary N) is 1. The summed E-state index contributed by atoms with van der Waals surface area (Å²) in [6, 6.07) is 11.8. The average Bonchev–Trinajstić information content (AvgIpc) is 3.10. The molecule has 3 rings (SSSR count). The van der Waals surface area contributed by atoms with Gasteiger partial charge in [0.2, 0.25) is 5.91 Å². The molecule has 1 saturated carbocycles. The van der Waals surface area contributed by atoms with Crippen LogP contribution in [0.25, 0.3) is 11.3 Å². The van der Waals surface area contributed by atoms with Gasteiger partial charge in [-0.2, -0.15) is 0 Å². The molecule has 104 valence electrons. The van der Waals surface area contributed by atoms with Crippen LogP contribution in [0, 0.1) is 0 Å². The van der Waals surface area contributed by atoms with Crippen LogP contribution in [-0.2, 0) is 10.2 Å². The minimum absolute atomic E-state index is 0.0559. The summed E-state index contributed by atoms with van der Waals surface area (Å²) in [5.41, 5.74) is 1.25. The molecule has 2 aromatic rings. The van der Waals surface area contributed by atoms with Crippen molar-refractivity contribution in [2.75, 3.05) is 0 Å². The van der Waals surface area contributed by atoms with E-state index in [1.807, 2.05) is 50.2 Å². The standard InChI is InChI=1S/C16H18N2O2/c1-11(2)17-15(19)16(8-9-16)14-10-13(20-18-14)12-6-4-3-5-7-12/h3-7,10-11H,8-9H2,1-2H3,(H,17,19). The zero-order valence-corrected chi connectivity index (χ0v) is 11.7. The molecule has 0 atom stereocenters. The predicted octanol–water partition coefficient (Wildman–Crippen LogP) is 2.90. The second-order valence-electron chi connectivity index (χ2n) is 5.65. The van der Waals surface area contributed by atoms with Crippen LogP contribution in [0.2, 0.25) is 0 Å². The van der Waals surface area contributed by atoms with E-state index in [1.54, 1.807) is 0 Å². The molecular weight excluding hydrogens is 252 g/mol. The van der Waals surface area contributed by atoms with Crippen molar-refractivity contribution in [3.05, 3.63) is 42.1 Å². The number of carbonyl (C=O) groups excluding carboxylic acids is 1. The average molecular weight is 270 g/mol. The summed E-state index contributed by atoms with van der Waals surface area (Å²) in [5, 5.41) is 7.09. The first-order chi connectivity index (χ1) is 9.62. The van der Waals surface area contributed by atoms with Gasteiger partial charge in [0.15, 0.2) is 5.76 Å². The van der Waals surface area contributed by atoms with Crippen LogP contribution in [0.3, 0.4) is 0 Å². The van der Waals surface area contributed by atoms with Crippen molar-refractivity contribution in [2.24, 2.45) is 0 Å². The molecule has 1 aliphatic carbocycles. The van der Waals surface area contributed by atoms with E-state index >= 15 is 0 Å². The minimum atomic E-state index is -0.471. The molecule has 0 saturated heterocycles. The first kappa shape index (κ1) is 12.9. The van der Waals surface area contributed by atoms with Crippen molar-refractivity contribution in [1.29, 1.82) is 0 Å². The molecule has 0 spiro atoms. The van der Waals surface area contributed by atoms with E-state index in [4.69, 9.17) is 4.52 Å². The van der Waals surface area contributed by atoms with Gasteiger partial charge in [0, 0.05) is 17.7 Å². The zero-order chi connectivity index (χ0) is 14.2. The fourth-order valence-electron chi connectivity index (χ4n) is 2.36. The number of aromatic nitrogens is 1. The molecular formula is C16H18N2O2. The van der Waals surface area contributed by atoms with Crippen molar-refractivity contribution in [2.45, 2.75) is 38.1 Å². The summed E-state index contributed by atoms with van der Waals surface area (Å²) in [6.45, 7) is 3.93. The Morgan fingerprint density at radius 3 is 2.60 bits per heavy atom. The van der Waals surface area contributed by atoms with E-state index in [2.05, 4.69) is 10.5 Å². The van der Waals surface area contributed by atoms with Gasteiger partial charge in [-0.15, -0.1) is 0 Å². The monoisotopic (exact) mass is 270 g/mol. The van der Waals surface area contributed by atoms with Crippen molar-refractivity contribution in [1.82, 2.24) is 10.5 Å². The van der Waals surface area contributed by atoms with E-state index in [0.29, 0.717) is 5.76 Å². The Balaban J connectivity index is 1.86. The second kappa shape index (κ2) is 4.78.